The zero-order valence-corrected chi connectivity index (χ0v) is 14.6. The molecule has 0 radical (unpaired) electrons. The fourth-order valence-electron chi connectivity index (χ4n) is 2.25. The van der Waals surface area contributed by atoms with Gasteiger partial charge in [-0.05, 0) is 36.6 Å². The molecule has 1 unspecified atom stereocenters. The van der Waals surface area contributed by atoms with E-state index in [1.165, 1.54) is 0 Å². The molecule has 1 atom stereocenters. The first kappa shape index (κ1) is 18.7. The summed E-state index contributed by atoms with van der Waals surface area (Å²) in [6.45, 7) is 6.85. The topological polar surface area (TPSA) is 47.6 Å². The highest BCUT2D eigenvalue weighted by Crippen LogP contribution is 2.12. The molecule has 0 aromatic heterocycles. The Hall–Kier alpha value is -2.59. The number of hydrogen-bond acceptors (Lipinski definition) is 3. The molecule has 0 saturated carbocycles. The van der Waals surface area contributed by atoms with Crippen molar-refractivity contribution < 1.29 is 14.3 Å². The van der Waals surface area contributed by atoms with Crippen molar-refractivity contribution in [2.24, 2.45) is 0 Å². The van der Waals surface area contributed by atoms with Crippen LogP contribution in [-0.2, 0) is 22.7 Å². The molecule has 0 aliphatic rings. The lowest BCUT2D eigenvalue weighted by atomic mass is 10.1. The molecular weight excluding hydrogens is 314 g/mol. The lowest BCUT2D eigenvalue weighted by Gasteiger charge is -2.13. The zero-order valence-electron chi connectivity index (χ0n) is 14.6. The number of ether oxygens (including phenoxy) is 2. The molecule has 4 heteroatoms. The molecule has 4 nitrogen and oxygen atoms in total. The van der Waals surface area contributed by atoms with Crippen LogP contribution in [0.4, 0.5) is 0 Å². The molecule has 0 aliphatic heterocycles. The molecule has 2 aromatic rings. The molecule has 0 fully saturated rings. The molecular formula is C21H25NO3. The maximum Gasteiger partial charge on any atom is 0.249 e. The second-order valence-corrected chi connectivity index (χ2v) is 5.73. The Morgan fingerprint density at radius 1 is 1.16 bits per heavy atom. The second kappa shape index (κ2) is 10.3. The van der Waals surface area contributed by atoms with E-state index in [1.54, 1.807) is 13.0 Å². The van der Waals surface area contributed by atoms with Gasteiger partial charge in [0.1, 0.15) is 18.5 Å². The molecule has 1 amide bonds. The summed E-state index contributed by atoms with van der Waals surface area (Å²) in [6, 6.07) is 17.7. The Balaban J connectivity index is 1.80. The Kier molecular flexibility index (Phi) is 7.73. The largest absolute Gasteiger partial charge is 0.489 e. The number of benzene rings is 2. The summed E-state index contributed by atoms with van der Waals surface area (Å²) >= 11 is 0. The van der Waals surface area contributed by atoms with Gasteiger partial charge in [-0.15, -0.1) is 6.58 Å². The van der Waals surface area contributed by atoms with Crippen molar-refractivity contribution in [2.45, 2.75) is 32.6 Å². The summed E-state index contributed by atoms with van der Waals surface area (Å²) < 4.78 is 11.2. The normalized spacial score (nSPS) is 11.6. The molecule has 1 N–H and O–H groups in total. The Bertz CT molecular complexity index is 670. The molecule has 132 valence electrons. The number of hydrogen-bond donors (Lipinski definition) is 1. The lowest BCUT2D eigenvalue weighted by Crippen LogP contribution is -2.34. The second-order valence-electron chi connectivity index (χ2n) is 5.73. The number of rotatable bonds is 10. The van der Waals surface area contributed by atoms with Crippen LogP contribution in [0, 0.1) is 0 Å². The van der Waals surface area contributed by atoms with E-state index in [2.05, 4.69) is 11.9 Å². The maximum atomic E-state index is 12.0. The Morgan fingerprint density at radius 2 is 1.92 bits per heavy atom. The molecule has 0 aliphatic carbocycles. The van der Waals surface area contributed by atoms with Crippen LogP contribution in [0.15, 0.2) is 67.3 Å². The average Bonchev–Trinajstić information content (AvgIpc) is 2.65. The van der Waals surface area contributed by atoms with Crippen molar-refractivity contribution in [3.8, 4) is 5.75 Å². The average molecular weight is 339 g/mol. The predicted molar refractivity (Wildman–Crippen MR) is 99.3 cm³/mol. The highest BCUT2D eigenvalue weighted by molar-refractivity contribution is 5.80. The summed E-state index contributed by atoms with van der Waals surface area (Å²) in [5, 5.41) is 2.90. The predicted octanol–water partition coefficient (Wildman–Crippen LogP) is 3.86. The van der Waals surface area contributed by atoms with Gasteiger partial charge >= 0.3 is 0 Å². The van der Waals surface area contributed by atoms with Gasteiger partial charge in [-0.3, -0.25) is 4.79 Å². The van der Waals surface area contributed by atoms with Gasteiger partial charge in [-0.2, -0.15) is 0 Å². The maximum absolute atomic E-state index is 12.0. The highest BCUT2D eigenvalue weighted by atomic mass is 16.5. The van der Waals surface area contributed by atoms with Gasteiger partial charge < -0.3 is 14.8 Å². The summed E-state index contributed by atoms with van der Waals surface area (Å²) in [5.74, 6) is 0.724. The van der Waals surface area contributed by atoms with Gasteiger partial charge in [0.05, 0.1) is 6.61 Å². The van der Waals surface area contributed by atoms with Crippen molar-refractivity contribution in [1.29, 1.82) is 0 Å². The van der Waals surface area contributed by atoms with Crippen LogP contribution in [0.5, 0.6) is 5.75 Å². The first-order valence-electron chi connectivity index (χ1n) is 8.45. The van der Waals surface area contributed by atoms with Crippen LogP contribution in [-0.4, -0.2) is 18.6 Å². The molecule has 0 spiro atoms. The minimum absolute atomic E-state index is 0.116. The van der Waals surface area contributed by atoms with Crippen molar-refractivity contribution >= 4 is 5.91 Å². The van der Waals surface area contributed by atoms with Crippen LogP contribution in [0.25, 0.3) is 0 Å². The monoisotopic (exact) mass is 339 g/mol. The van der Waals surface area contributed by atoms with E-state index in [4.69, 9.17) is 9.47 Å². The molecule has 0 heterocycles. The fraction of sp³-hybridized carbons (Fsp3) is 0.286. The molecule has 0 saturated heterocycles. The zero-order chi connectivity index (χ0) is 17.9. The van der Waals surface area contributed by atoms with Crippen LogP contribution in [0.2, 0.25) is 0 Å². The Labute approximate surface area is 149 Å². The number of para-hydroxylation sites is 1. The van der Waals surface area contributed by atoms with Gasteiger partial charge in [0.2, 0.25) is 5.91 Å². The summed E-state index contributed by atoms with van der Waals surface area (Å²) in [4.78, 5) is 12.0. The first-order valence-corrected chi connectivity index (χ1v) is 8.45. The number of carbonyl (C=O) groups excluding carboxylic acids is 1. The van der Waals surface area contributed by atoms with E-state index in [1.807, 2.05) is 54.6 Å². The fourth-order valence-corrected chi connectivity index (χ4v) is 2.25. The SMILES string of the molecule is C=CCCOC(C)C(=O)NCc1cccc(COc2ccccc2)c1. The first-order chi connectivity index (χ1) is 12.2. The van der Waals surface area contributed by atoms with E-state index >= 15 is 0 Å². The van der Waals surface area contributed by atoms with E-state index in [0.29, 0.717) is 19.8 Å². The van der Waals surface area contributed by atoms with Crippen LogP contribution >= 0.6 is 0 Å². The van der Waals surface area contributed by atoms with Gasteiger partial charge in [0, 0.05) is 6.54 Å². The van der Waals surface area contributed by atoms with Gasteiger partial charge in [0.15, 0.2) is 0 Å². The summed E-state index contributed by atoms with van der Waals surface area (Å²) in [6.07, 6.45) is 2.04. The smallest absolute Gasteiger partial charge is 0.249 e. The van der Waals surface area contributed by atoms with Crippen LogP contribution < -0.4 is 10.1 Å². The molecule has 2 aromatic carbocycles. The van der Waals surface area contributed by atoms with Gasteiger partial charge in [-0.25, -0.2) is 0 Å². The molecule has 0 bridgehead atoms. The number of amides is 1. The van der Waals surface area contributed by atoms with E-state index in [0.717, 1.165) is 23.3 Å². The standard InChI is InChI=1S/C21H25NO3/c1-3-4-13-24-17(2)21(23)22-15-18-9-8-10-19(14-18)16-25-20-11-6-5-7-12-20/h3,5-12,14,17H,1,4,13,15-16H2,2H3,(H,22,23). The number of carbonyl (C=O) groups is 1. The van der Waals surface area contributed by atoms with Crippen molar-refractivity contribution in [1.82, 2.24) is 5.32 Å². The highest BCUT2D eigenvalue weighted by Gasteiger charge is 2.12. The lowest BCUT2D eigenvalue weighted by molar-refractivity contribution is -0.131. The van der Waals surface area contributed by atoms with Gasteiger partial charge in [-0.1, -0.05) is 48.5 Å². The number of nitrogens with one attached hydrogen (secondary N) is 1. The quantitative estimate of drug-likeness (QED) is 0.528. The van der Waals surface area contributed by atoms with Crippen molar-refractivity contribution in [2.75, 3.05) is 6.61 Å². The molecule has 2 rings (SSSR count). The van der Waals surface area contributed by atoms with Crippen molar-refractivity contribution in [3.05, 3.63) is 78.4 Å². The summed E-state index contributed by atoms with van der Waals surface area (Å²) in [7, 11) is 0. The third kappa shape index (κ3) is 6.81. The third-order valence-electron chi connectivity index (χ3n) is 3.67. The van der Waals surface area contributed by atoms with E-state index in [9.17, 15) is 4.79 Å². The molecule has 25 heavy (non-hydrogen) atoms. The van der Waals surface area contributed by atoms with Gasteiger partial charge in [0.25, 0.3) is 0 Å². The van der Waals surface area contributed by atoms with E-state index in [-0.39, 0.29) is 5.91 Å². The minimum atomic E-state index is -0.468. The third-order valence-corrected chi connectivity index (χ3v) is 3.67. The van der Waals surface area contributed by atoms with E-state index < -0.39 is 6.10 Å². The Morgan fingerprint density at radius 3 is 2.68 bits per heavy atom. The summed E-state index contributed by atoms with van der Waals surface area (Å²) in [5.41, 5.74) is 2.09. The minimum Gasteiger partial charge on any atom is -0.489 e. The van der Waals surface area contributed by atoms with Crippen LogP contribution in [0.3, 0.4) is 0 Å². The van der Waals surface area contributed by atoms with Crippen LogP contribution in [0.1, 0.15) is 24.5 Å². The van der Waals surface area contributed by atoms with Crippen molar-refractivity contribution in [3.63, 3.8) is 0 Å².